The molecule has 3 fully saturated rings. The predicted octanol–water partition coefficient (Wildman–Crippen LogP) is 3.82. The third kappa shape index (κ3) is 5.87. The Hall–Kier alpha value is -3.38. The number of para-hydroxylation sites is 2. The van der Waals surface area contributed by atoms with Crippen molar-refractivity contribution in [3.63, 3.8) is 0 Å². The maximum Gasteiger partial charge on any atom is 0.296 e. The third-order valence-electron chi connectivity index (χ3n) is 7.84. The number of nitrogens with one attached hydrogen (secondary N) is 1. The topological polar surface area (TPSA) is 104 Å². The number of carbonyl (C=O) groups is 1. The summed E-state index contributed by atoms with van der Waals surface area (Å²) in [4.78, 5) is 28.2. The molecule has 1 amide bonds. The number of alkyl halides is 2. The summed E-state index contributed by atoms with van der Waals surface area (Å²) >= 11 is 0. The van der Waals surface area contributed by atoms with Crippen molar-refractivity contribution in [1.29, 1.82) is 0 Å². The lowest BCUT2D eigenvalue weighted by atomic mass is 9.86. The maximum atomic E-state index is 14.1. The van der Waals surface area contributed by atoms with Crippen LogP contribution in [0.4, 0.5) is 14.7 Å². The second kappa shape index (κ2) is 12.0. The Labute approximate surface area is 231 Å². The maximum absolute atomic E-state index is 14.1. The van der Waals surface area contributed by atoms with E-state index in [0.29, 0.717) is 81.4 Å². The first-order valence-corrected chi connectivity index (χ1v) is 14.1. The summed E-state index contributed by atoms with van der Waals surface area (Å²) in [5.41, 5.74) is 0.993. The molecule has 1 atom stereocenters. The Bertz CT molecular complexity index is 1320. The molecule has 12 heteroatoms. The number of hydrogen-bond donors (Lipinski definition) is 1. The fraction of sp³-hybridized carbons (Fsp3) is 0.571. The van der Waals surface area contributed by atoms with Gasteiger partial charge < -0.3 is 24.4 Å². The van der Waals surface area contributed by atoms with E-state index in [1.807, 2.05) is 4.90 Å². The quantitative estimate of drug-likeness (QED) is 0.447. The molecule has 1 aromatic carbocycles. The summed E-state index contributed by atoms with van der Waals surface area (Å²) < 4.78 is 47.0. The number of benzene rings is 1. The summed E-state index contributed by atoms with van der Waals surface area (Å²) in [6.07, 6.45) is 2.02. The van der Waals surface area contributed by atoms with Gasteiger partial charge in [0.05, 0.1) is 30.4 Å². The van der Waals surface area contributed by atoms with Crippen LogP contribution in [0.1, 0.15) is 50.8 Å². The molecule has 1 aliphatic carbocycles. The van der Waals surface area contributed by atoms with Crippen molar-refractivity contribution in [2.75, 3.05) is 44.4 Å². The fourth-order valence-electron chi connectivity index (χ4n) is 5.69. The van der Waals surface area contributed by atoms with Crippen molar-refractivity contribution in [3.8, 4) is 11.7 Å². The van der Waals surface area contributed by atoms with Crippen LogP contribution in [0.3, 0.4) is 0 Å². The van der Waals surface area contributed by atoms with Crippen LogP contribution in [-0.2, 0) is 14.3 Å². The Morgan fingerprint density at radius 2 is 1.85 bits per heavy atom. The zero-order valence-electron chi connectivity index (χ0n) is 22.3. The summed E-state index contributed by atoms with van der Waals surface area (Å²) in [7, 11) is 0. The molecular formula is C28H34F2N6O4. The predicted molar refractivity (Wildman–Crippen MR) is 143 cm³/mol. The molecule has 4 heterocycles. The smallest absolute Gasteiger partial charge is 0.296 e. The highest BCUT2D eigenvalue weighted by Crippen LogP contribution is 2.32. The van der Waals surface area contributed by atoms with Crippen LogP contribution in [0.25, 0.3) is 16.9 Å². The Morgan fingerprint density at radius 3 is 2.60 bits per heavy atom. The number of hydrogen-bond acceptors (Lipinski definition) is 8. The average molecular weight is 557 g/mol. The van der Waals surface area contributed by atoms with Gasteiger partial charge in [-0.15, -0.1) is 0 Å². The second-order valence-electron chi connectivity index (χ2n) is 10.5. The van der Waals surface area contributed by atoms with Gasteiger partial charge in [-0.05, 0) is 50.7 Å². The van der Waals surface area contributed by atoms with E-state index in [4.69, 9.17) is 14.2 Å². The SMILES string of the molecule is O=C(NC[C@H]1CCCO1)C1CCC(Oc2cc(-n3c(C(F)F)nc4ccccc43)nc(N3CCOCC3)n2)CC1. The lowest BCUT2D eigenvalue weighted by Gasteiger charge is -2.30. The minimum atomic E-state index is -2.79. The molecule has 0 unspecified atom stereocenters. The van der Waals surface area contributed by atoms with Crippen LogP contribution in [0.2, 0.25) is 0 Å². The molecule has 0 bridgehead atoms. The number of halogens is 2. The van der Waals surface area contributed by atoms with Gasteiger partial charge in [-0.3, -0.25) is 9.36 Å². The standard InChI is InChI=1S/C28H34F2N6O4/c29-25(30)26-32-21-5-1-2-6-22(21)36(26)23-16-24(34-28(33-23)35-11-14-38-15-12-35)40-19-9-7-18(8-10-19)27(37)31-17-20-4-3-13-39-20/h1-2,5-6,16,18-20,25H,3-4,7-15,17H2,(H,31,37)/t18?,19?,20-/m1/s1. The van der Waals surface area contributed by atoms with E-state index in [0.717, 1.165) is 19.4 Å². The zero-order chi connectivity index (χ0) is 27.5. The van der Waals surface area contributed by atoms with Crippen LogP contribution in [0, 0.1) is 5.92 Å². The lowest BCUT2D eigenvalue weighted by Crippen LogP contribution is -2.39. The van der Waals surface area contributed by atoms with E-state index in [1.165, 1.54) is 4.57 Å². The van der Waals surface area contributed by atoms with Crippen molar-refractivity contribution in [2.45, 2.75) is 57.2 Å². The molecule has 40 heavy (non-hydrogen) atoms. The third-order valence-corrected chi connectivity index (χ3v) is 7.84. The van der Waals surface area contributed by atoms with E-state index < -0.39 is 6.43 Å². The van der Waals surface area contributed by atoms with Gasteiger partial charge in [-0.1, -0.05) is 12.1 Å². The number of rotatable bonds is 8. The van der Waals surface area contributed by atoms with Gasteiger partial charge in [0.1, 0.15) is 11.9 Å². The molecule has 10 nitrogen and oxygen atoms in total. The molecule has 3 aliphatic rings. The van der Waals surface area contributed by atoms with Crippen molar-refractivity contribution in [2.24, 2.45) is 5.92 Å². The van der Waals surface area contributed by atoms with Crippen molar-refractivity contribution in [3.05, 3.63) is 36.2 Å². The van der Waals surface area contributed by atoms with E-state index >= 15 is 0 Å². The van der Waals surface area contributed by atoms with Gasteiger partial charge in [-0.25, -0.2) is 13.8 Å². The van der Waals surface area contributed by atoms with Crippen molar-refractivity contribution in [1.82, 2.24) is 24.8 Å². The molecular weight excluding hydrogens is 522 g/mol. The molecule has 1 N–H and O–H groups in total. The van der Waals surface area contributed by atoms with E-state index in [-0.39, 0.29) is 35.7 Å². The number of morpholine rings is 1. The number of imidazole rings is 1. The molecule has 214 valence electrons. The first kappa shape index (κ1) is 26.8. The lowest BCUT2D eigenvalue weighted by molar-refractivity contribution is -0.127. The minimum Gasteiger partial charge on any atom is -0.474 e. The number of ether oxygens (including phenoxy) is 3. The van der Waals surface area contributed by atoms with Crippen LogP contribution in [0.5, 0.6) is 5.88 Å². The van der Waals surface area contributed by atoms with E-state index in [2.05, 4.69) is 20.3 Å². The first-order chi connectivity index (χ1) is 19.5. The molecule has 2 aliphatic heterocycles. The minimum absolute atomic E-state index is 0.0583. The molecule has 2 aromatic heterocycles. The van der Waals surface area contributed by atoms with Gasteiger partial charge in [0.2, 0.25) is 17.7 Å². The molecule has 0 radical (unpaired) electrons. The van der Waals surface area contributed by atoms with Crippen LogP contribution in [0.15, 0.2) is 30.3 Å². The van der Waals surface area contributed by atoms with Crippen LogP contribution >= 0.6 is 0 Å². The van der Waals surface area contributed by atoms with Gasteiger partial charge in [0.25, 0.3) is 6.43 Å². The fourth-order valence-corrected chi connectivity index (χ4v) is 5.69. The number of nitrogens with zero attached hydrogens (tertiary/aromatic N) is 5. The van der Waals surface area contributed by atoms with Gasteiger partial charge in [0, 0.05) is 38.2 Å². The molecule has 6 rings (SSSR count). The average Bonchev–Trinajstić information content (AvgIpc) is 3.65. The van der Waals surface area contributed by atoms with Gasteiger partial charge >= 0.3 is 0 Å². The zero-order valence-corrected chi connectivity index (χ0v) is 22.3. The number of carbonyl (C=O) groups excluding carboxylic acids is 1. The summed E-state index contributed by atoms with van der Waals surface area (Å²) in [5.74, 6) is 0.620. The first-order valence-electron chi connectivity index (χ1n) is 14.1. The van der Waals surface area contributed by atoms with Gasteiger partial charge in [0.15, 0.2) is 5.82 Å². The molecule has 2 saturated heterocycles. The largest absolute Gasteiger partial charge is 0.474 e. The highest BCUT2D eigenvalue weighted by molar-refractivity contribution is 5.79. The van der Waals surface area contributed by atoms with E-state index in [1.54, 1.807) is 30.3 Å². The number of anilines is 1. The number of amides is 1. The van der Waals surface area contributed by atoms with Gasteiger partial charge in [-0.2, -0.15) is 9.97 Å². The molecule has 0 spiro atoms. The van der Waals surface area contributed by atoms with Crippen LogP contribution < -0.4 is 15.0 Å². The van der Waals surface area contributed by atoms with Crippen LogP contribution in [-0.4, -0.2) is 77.1 Å². The van der Waals surface area contributed by atoms with Crippen molar-refractivity contribution < 1.29 is 27.8 Å². The molecule has 1 saturated carbocycles. The Kier molecular flexibility index (Phi) is 8.05. The number of fused-ring (bicyclic) bond motifs is 1. The Morgan fingerprint density at radius 1 is 1.05 bits per heavy atom. The second-order valence-corrected chi connectivity index (χ2v) is 10.5. The monoisotopic (exact) mass is 556 g/mol. The highest BCUT2D eigenvalue weighted by Gasteiger charge is 2.29. The van der Waals surface area contributed by atoms with E-state index in [9.17, 15) is 13.6 Å². The van der Waals surface area contributed by atoms with Crippen molar-refractivity contribution >= 4 is 22.9 Å². The summed E-state index contributed by atoms with van der Waals surface area (Å²) in [5, 5.41) is 3.04. The normalized spacial score (nSPS) is 23.6. The molecule has 3 aromatic rings. The highest BCUT2D eigenvalue weighted by atomic mass is 19.3. The Balaban J connectivity index is 1.21. The summed E-state index contributed by atoms with van der Waals surface area (Å²) in [6, 6.07) is 8.60. The summed E-state index contributed by atoms with van der Waals surface area (Å²) in [6.45, 7) is 3.55. The number of aromatic nitrogens is 4.